The summed E-state index contributed by atoms with van der Waals surface area (Å²) in [7, 11) is 0. The Bertz CT molecular complexity index is 1080. The number of carbonyl (C=O) groups is 1. The number of carbonyl (C=O) groups excluding carboxylic acids is 1. The number of furan rings is 2. The lowest BCUT2D eigenvalue weighted by Crippen LogP contribution is -2.24. The number of hydrogen-bond donors (Lipinski definition) is 2. The highest BCUT2D eigenvalue weighted by Gasteiger charge is 2.14. The molecule has 0 radical (unpaired) electrons. The minimum atomic E-state index is -0.373. The van der Waals surface area contributed by atoms with Crippen molar-refractivity contribution >= 4 is 23.2 Å². The fraction of sp³-hybridized carbons (Fsp3) is 0.125. The van der Waals surface area contributed by atoms with Gasteiger partial charge in [0.05, 0.1) is 24.8 Å². The minimum absolute atomic E-state index is 0.116. The van der Waals surface area contributed by atoms with Crippen LogP contribution in [0.25, 0.3) is 17.0 Å². The van der Waals surface area contributed by atoms with Gasteiger partial charge in [-0.25, -0.2) is 9.61 Å². The maximum absolute atomic E-state index is 12.0. The third kappa shape index (κ3) is 3.26. The summed E-state index contributed by atoms with van der Waals surface area (Å²) in [4.78, 5) is 24.0. The van der Waals surface area contributed by atoms with Gasteiger partial charge in [-0.3, -0.25) is 9.59 Å². The molecule has 4 rings (SSSR count). The van der Waals surface area contributed by atoms with Gasteiger partial charge in [-0.2, -0.15) is 5.10 Å². The molecule has 4 aromatic heterocycles. The molecule has 0 saturated carbocycles. The number of nitrogens with one attached hydrogen (secondary N) is 2. The third-order valence-corrected chi connectivity index (χ3v) is 4.45. The van der Waals surface area contributed by atoms with Gasteiger partial charge >= 0.3 is 0 Å². The van der Waals surface area contributed by atoms with Crippen molar-refractivity contribution in [2.75, 3.05) is 5.75 Å². The van der Waals surface area contributed by atoms with Gasteiger partial charge in [-0.15, -0.1) is 5.10 Å². The van der Waals surface area contributed by atoms with Crippen LogP contribution in [0.15, 0.2) is 61.6 Å². The molecule has 0 unspecified atom stereocenters. The first-order valence-corrected chi connectivity index (χ1v) is 8.63. The summed E-state index contributed by atoms with van der Waals surface area (Å²) in [6.07, 6.45) is 3.08. The SMILES string of the molecule is O=C(CSc1n[nH]c(=O)c2cc(-c3ccco3)nn12)NCc1ccco1. The van der Waals surface area contributed by atoms with Gasteiger partial charge in [0.25, 0.3) is 5.56 Å². The summed E-state index contributed by atoms with van der Waals surface area (Å²) in [5.41, 5.74) is 0.462. The second kappa shape index (κ2) is 6.92. The maximum Gasteiger partial charge on any atom is 0.290 e. The number of fused-ring (bicyclic) bond motifs is 1. The summed E-state index contributed by atoms with van der Waals surface area (Å²) < 4.78 is 11.9. The molecule has 0 fully saturated rings. The lowest BCUT2D eigenvalue weighted by atomic mass is 10.3. The van der Waals surface area contributed by atoms with E-state index in [1.54, 1.807) is 36.6 Å². The highest BCUT2D eigenvalue weighted by atomic mass is 32.2. The molecule has 0 bridgehead atoms. The number of hydrogen-bond acceptors (Lipinski definition) is 7. The van der Waals surface area contributed by atoms with E-state index in [9.17, 15) is 9.59 Å². The molecule has 0 aliphatic carbocycles. The van der Waals surface area contributed by atoms with Crippen molar-refractivity contribution in [2.24, 2.45) is 0 Å². The van der Waals surface area contributed by atoms with Gasteiger partial charge < -0.3 is 14.2 Å². The summed E-state index contributed by atoms with van der Waals surface area (Å²) in [6.45, 7) is 0.311. The highest BCUT2D eigenvalue weighted by Crippen LogP contribution is 2.21. The zero-order valence-electron chi connectivity index (χ0n) is 13.3. The first-order valence-electron chi connectivity index (χ1n) is 7.65. The van der Waals surface area contributed by atoms with E-state index in [0.717, 1.165) is 11.8 Å². The topological polar surface area (TPSA) is 118 Å². The molecular weight excluding hydrogens is 358 g/mol. The lowest BCUT2D eigenvalue weighted by Gasteiger charge is -2.04. The molecule has 10 heteroatoms. The zero-order chi connectivity index (χ0) is 17.9. The van der Waals surface area contributed by atoms with Crippen molar-refractivity contribution in [1.82, 2.24) is 25.1 Å². The summed E-state index contributed by atoms with van der Waals surface area (Å²) in [5.74, 6) is 1.14. The second-order valence-corrected chi connectivity index (χ2v) is 6.23. The van der Waals surface area contributed by atoms with E-state index in [1.807, 2.05) is 0 Å². The van der Waals surface area contributed by atoms with Crippen LogP contribution >= 0.6 is 11.8 Å². The summed E-state index contributed by atoms with van der Waals surface area (Å²) >= 11 is 1.16. The quantitative estimate of drug-likeness (QED) is 0.495. The monoisotopic (exact) mass is 371 g/mol. The Kier molecular flexibility index (Phi) is 4.32. The second-order valence-electron chi connectivity index (χ2n) is 5.28. The van der Waals surface area contributed by atoms with E-state index in [0.29, 0.717) is 34.4 Å². The molecule has 0 aromatic carbocycles. The van der Waals surface area contributed by atoms with Crippen LogP contribution < -0.4 is 10.9 Å². The molecular formula is C16H13N5O4S. The van der Waals surface area contributed by atoms with Crippen LogP contribution in [0.3, 0.4) is 0 Å². The van der Waals surface area contributed by atoms with E-state index in [4.69, 9.17) is 8.83 Å². The van der Waals surface area contributed by atoms with E-state index in [2.05, 4.69) is 20.6 Å². The van der Waals surface area contributed by atoms with Gasteiger partial charge in [0.15, 0.2) is 5.76 Å². The highest BCUT2D eigenvalue weighted by molar-refractivity contribution is 7.99. The molecule has 4 aromatic rings. The van der Waals surface area contributed by atoms with Crippen LogP contribution in [0.4, 0.5) is 0 Å². The molecule has 132 valence electrons. The van der Waals surface area contributed by atoms with Crippen LogP contribution in [-0.2, 0) is 11.3 Å². The van der Waals surface area contributed by atoms with Crippen molar-refractivity contribution in [1.29, 1.82) is 0 Å². The van der Waals surface area contributed by atoms with Crippen LogP contribution in [0.1, 0.15) is 5.76 Å². The van der Waals surface area contributed by atoms with Crippen molar-refractivity contribution in [3.8, 4) is 11.5 Å². The normalized spacial score (nSPS) is 11.1. The molecule has 0 saturated heterocycles. The van der Waals surface area contributed by atoms with E-state index < -0.39 is 0 Å². The molecule has 0 aliphatic rings. The first-order chi connectivity index (χ1) is 12.7. The molecule has 0 aliphatic heterocycles. The molecule has 1 amide bonds. The predicted octanol–water partition coefficient (Wildman–Crippen LogP) is 1.68. The molecule has 26 heavy (non-hydrogen) atoms. The fourth-order valence-corrected chi connectivity index (χ4v) is 3.04. The molecule has 0 spiro atoms. The Morgan fingerprint density at radius 3 is 2.88 bits per heavy atom. The number of thioether (sulfide) groups is 1. The van der Waals surface area contributed by atoms with Crippen LogP contribution in [0.5, 0.6) is 0 Å². The number of amides is 1. The van der Waals surface area contributed by atoms with Crippen molar-refractivity contribution in [3.63, 3.8) is 0 Å². The number of nitrogens with zero attached hydrogens (tertiary/aromatic N) is 3. The Labute approximate surface area is 150 Å². The number of rotatable bonds is 6. The average molecular weight is 371 g/mol. The Morgan fingerprint density at radius 1 is 1.27 bits per heavy atom. The predicted molar refractivity (Wildman–Crippen MR) is 92.6 cm³/mol. The van der Waals surface area contributed by atoms with Crippen molar-refractivity contribution in [2.45, 2.75) is 11.7 Å². The first kappa shape index (κ1) is 16.2. The largest absolute Gasteiger partial charge is 0.467 e. The van der Waals surface area contributed by atoms with Gasteiger partial charge in [0.1, 0.15) is 17.0 Å². The van der Waals surface area contributed by atoms with E-state index in [-0.39, 0.29) is 17.2 Å². The Hall–Kier alpha value is -3.27. The van der Waals surface area contributed by atoms with Crippen LogP contribution in [0.2, 0.25) is 0 Å². The van der Waals surface area contributed by atoms with Gasteiger partial charge in [0.2, 0.25) is 11.1 Å². The number of H-pyrrole nitrogens is 1. The zero-order valence-corrected chi connectivity index (χ0v) is 14.2. The van der Waals surface area contributed by atoms with E-state index >= 15 is 0 Å². The lowest BCUT2D eigenvalue weighted by molar-refractivity contribution is -0.118. The number of aromatic amines is 1. The standard InChI is InChI=1S/C16H13N5O4S/c22-14(17-8-10-3-1-5-24-10)9-26-16-19-18-15(23)12-7-11(20-21(12)16)13-4-2-6-25-13/h1-7H,8-9H2,(H,17,22)(H,18,23). The smallest absolute Gasteiger partial charge is 0.290 e. The van der Waals surface area contributed by atoms with Crippen molar-refractivity contribution < 1.29 is 13.6 Å². The molecule has 4 heterocycles. The number of aromatic nitrogens is 4. The Balaban J connectivity index is 1.50. The average Bonchev–Trinajstić information content (AvgIpc) is 3.40. The Morgan fingerprint density at radius 2 is 2.12 bits per heavy atom. The molecule has 9 nitrogen and oxygen atoms in total. The van der Waals surface area contributed by atoms with Gasteiger partial charge in [-0.1, -0.05) is 11.8 Å². The van der Waals surface area contributed by atoms with Crippen LogP contribution in [0, 0.1) is 0 Å². The summed E-state index contributed by atoms with van der Waals surface area (Å²) in [5, 5.41) is 13.9. The van der Waals surface area contributed by atoms with Gasteiger partial charge in [-0.05, 0) is 24.3 Å². The third-order valence-electron chi connectivity index (χ3n) is 3.52. The van der Waals surface area contributed by atoms with Crippen molar-refractivity contribution in [3.05, 3.63) is 59.0 Å². The van der Waals surface area contributed by atoms with Crippen LogP contribution in [-0.4, -0.2) is 31.5 Å². The molecule has 2 N–H and O–H groups in total. The fourth-order valence-electron chi connectivity index (χ4n) is 2.31. The van der Waals surface area contributed by atoms with Gasteiger partial charge in [0, 0.05) is 6.07 Å². The maximum atomic E-state index is 12.0. The molecule has 0 atom stereocenters. The summed E-state index contributed by atoms with van der Waals surface area (Å²) in [6, 6.07) is 8.63. The minimum Gasteiger partial charge on any atom is -0.467 e. The van der Waals surface area contributed by atoms with E-state index in [1.165, 1.54) is 10.8 Å².